The van der Waals surface area contributed by atoms with Crippen molar-refractivity contribution in [2.24, 2.45) is 0 Å². The number of halogens is 1. The molecular weight excluding hydrogens is 294 g/mol. The summed E-state index contributed by atoms with van der Waals surface area (Å²) < 4.78 is 2.67. The van der Waals surface area contributed by atoms with E-state index in [1.807, 2.05) is 36.4 Å². The highest BCUT2D eigenvalue weighted by atomic mass is 79.9. The second-order valence-corrected chi connectivity index (χ2v) is 4.82. The molecule has 18 heavy (non-hydrogen) atoms. The van der Waals surface area contributed by atoms with Gasteiger partial charge >= 0.3 is 0 Å². The van der Waals surface area contributed by atoms with Crippen molar-refractivity contribution in [1.82, 2.24) is 14.6 Å². The van der Waals surface area contributed by atoms with Gasteiger partial charge < -0.3 is 5.11 Å². The summed E-state index contributed by atoms with van der Waals surface area (Å²) in [5.41, 5.74) is 3.28. The third-order valence-electron chi connectivity index (χ3n) is 2.72. The largest absolute Gasteiger partial charge is 0.390 e. The lowest BCUT2D eigenvalue weighted by Gasteiger charge is -2.03. The number of rotatable bonds is 2. The predicted molar refractivity (Wildman–Crippen MR) is 72.0 cm³/mol. The molecule has 0 radical (unpaired) electrons. The lowest BCUT2D eigenvalue weighted by Crippen LogP contribution is -1.98. The van der Waals surface area contributed by atoms with E-state index in [9.17, 15) is 5.11 Å². The van der Waals surface area contributed by atoms with Crippen molar-refractivity contribution in [3.05, 3.63) is 52.8 Å². The van der Waals surface area contributed by atoms with Crippen molar-refractivity contribution in [3.63, 3.8) is 0 Å². The molecule has 1 aromatic carbocycles. The number of aliphatic hydroxyl groups excluding tert-OH is 1. The molecule has 90 valence electrons. The van der Waals surface area contributed by atoms with E-state index in [1.54, 1.807) is 10.7 Å². The molecule has 3 rings (SSSR count). The fraction of sp³-hybridized carbons (Fsp3) is 0.0769. The molecule has 0 amide bonds. The first-order valence-electron chi connectivity index (χ1n) is 5.48. The van der Waals surface area contributed by atoms with Crippen molar-refractivity contribution < 1.29 is 5.11 Å². The van der Waals surface area contributed by atoms with Gasteiger partial charge in [-0.05, 0) is 24.3 Å². The van der Waals surface area contributed by atoms with Crippen LogP contribution in [0.25, 0.3) is 16.9 Å². The maximum absolute atomic E-state index is 9.22. The van der Waals surface area contributed by atoms with Crippen molar-refractivity contribution in [2.45, 2.75) is 6.61 Å². The van der Waals surface area contributed by atoms with Crippen LogP contribution in [0.2, 0.25) is 0 Å². The topological polar surface area (TPSA) is 50.4 Å². The molecule has 0 aliphatic carbocycles. The van der Waals surface area contributed by atoms with Crippen LogP contribution in [0.3, 0.4) is 0 Å². The SMILES string of the molecule is OCc1cnc2ccc(-c3cccc(Br)c3)nn12. The van der Waals surface area contributed by atoms with E-state index in [-0.39, 0.29) is 6.61 Å². The van der Waals surface area contributed by atoms with Crippen LogP contribution < -0.4 is 0 Å². The van der Waals surface area contributed by atoms with E-state index in [4.69, 9.17) is 0 Å². The standard InChI is InChI=1S/C13H10BrN3O/c14-10-3-1-2-9(6-10)12-4-5-13-15-7-11(8-18)17(13)16-12/h1-7,18H,8H2. The molecule has 2 aromatic heterocycles. The minimum Gasteiger partial charge on any atom is -0.390 e. The molecule has 5 heteroatoms. The molecule has 0 aliphatic heterocycles. The Morgan fingerprint density at radius 2 is 2.11 bits per heavy atom. The second kappa shape index (κ2) is 4.51. The Labute approximate surface area is 112 Å². The smallest absolute Gasteiger partial charge is 0.153 e. The van der Waals surface area contributed by atoms with E-state index in [0.717, 1.165) is 21.4 Å². The summed E-state index contributed by atoms with van der Waals surface area (Å²) in [6, 6.07) is 11.7. The molecule has 0 atom stereocenters. The van der Waals surface area contributed by atoms with Gasteiger partial charge in [-0.2, -0.15) is 5.10 Å². The predicted octanol–water partition coefficient (Wildman–Crippen LogP) is 2.65. The minimum absolute atomic E-state index is 0.0733. The van der Waals surface area contributed by atoms with Crippen LogP contribution in [0.5, 0.6) is 0 Å². The van der Waals surface area contributed by atoms with Crippen molar-refractivity contribution >= 4 is 21.6 Å². The summed E-state index contributed by atoms with van der Waals surface area (Å²) in [5.74, 6) is 0. The Morgan fingerprint density at radius 1 is 1.22 bits per heavy atom. The monoisotopic (exact) mass is 303 g/mol. The number of fused-ring (bicyclic) bond motifs is 1. The van der Waals surface area contributed by atoms with E-state index >= 15 is 0 Å². The highest BCUT2D eigenvalue weighted by Crippen LogP contribution is 2.21. The van der Waals surface area contributed by atoms with E-state index in [1.165, 1.54) is 0 Å². The zero-order valence-corrected chi connectivity index (χ0v) is 11.0. The fourth-order valence-corrected chi connectivity index (χ4v) is 2.23. The molecule has 1 N–H and O–H groups in total. The Balaban J connectivity index is 2.18. The third kappa shape index (κ3) is 1.91. The average molecular weight is 304 g/mol. The number of hydrogen-bond donors (Lipinski definition) is 1. The van der Waals surface area contributed by atoms with Gasteiger partial charge in [-0.1, -0.05) is 28.1 Å². The molecule has 0 spiro atoms. The Morgan fingerprint density at radius 3 is 2.89 bits per heavy atom. The van der Waals surface area contributed by atoms with Crippen LogP contribution >= 0.6 is 15.9 Å². The first kappa shape index (κ1) is 11.4. The number of aromatic nitrogens is 3. The van der Waals surface area contributed by atoms with Gasteiger partial charge in [0.25, 0.3) is 0 Å². The van der Waals surface area contributed by atoms with Crippen LogP contribution in [0.15, 0.2) is 47.1 Å². The molecule has 3 aromatic rings. The summed E-state index contributed by atoms with van der Waals surface area (Å²) in [5, 5.41) is 13.7. The molecule has 2 heterocycles. The van der Waals surface area contributed by atoms with Gasteiger partial charge in [-0.3, -0.25) is 0 Å². The summed E-state index contributed by atoms with van der Waals surface area (Å²) in [4.78, 5) is 4.17. The van der Waals surface area contributed by atoms with Crippen LogP contribution in [-0.2, 0) is 6.61 Å². The lowest BCUT2D eigenvalue weighted by molar-refractivity contribution is 0.274. The quantitative estimate of drug-likeness (QED) is 0.792. The Kier molecular flexibility index (Phi) is 2.85. The zero-order valence-electron chi connectivity index (χ0n) is 9.42. The first-order valence-corrected chi connectivity index (χ1v) is 6.28. The summed E-state index contributed by atoms with van der Waals surface area (Å²) in [7, 11) is 0. The van der Waals surface area contributed by atoms with Gasteiger partial charge in [0.15, 0.2) is 5.65 Å². The highest BCUT2D eigenvalue weighted by Gasteiger charge is 2.06. The Bertz CT molecular complexity index is 708. The van der Waals surface area contributed by atoms with Crippen molar-refractivity contribution in [2.75, 3.05) is 0 Å². The number of hydrogen-bond acceptors (Lipinski definition) is 3. The number of imidazole rings is 1. The first-order chi connectivity index (χ1) is 8.78. The van der Waals surface area contributed by atoms with Crippen molar-refractivity contribution in [3.8, 4) is 11.3 Å². The van der Waals surface area contributed by atoms with E-state index in [2.05, 4.69) is 26.0 Å². The second-order valence-electron chi connectivity index (χ2n) is 3.91. The average Bonchev–Trinajstić information content (AvgIpc) is 2.80. The zero-order chi connectivity index (χ0) is 12.5. The molecule has 4 nitrogen and oxygen atoms in total. The van der Waals surface area contributed by atoms with Gasteiger partial charge in [-0.15, -0.1) is 0 Å². The molecule has 0 bridgehead atoms. The van der Waals surface area contributed by atoms with Crippen molar-refractivity contribution in [1.29, 1.82) is 0 Å². The molecule has 0 aliphatic rings. The molecular formula is C13H10BrN3O. The molecule has 0 unspecified atom stereocenters. The van der Waals surface area contributed by atoms with E-state index in [0.29, 0.717) is 5.69 Å². The van der Waals surface area contributed by atoms with Gasteiger partial charge in [0, 0.05) is 10.0 Å². The van der Waals surface area contributed by atoms with Gasteiger partial charge in [0.1, 0.15) is 0 Å². The van der Waals surface area contributed by atoms with Gasteiger partial charge in [0.05, 0.1) is 24.2 Å². The van der Waals surface area contributed by atoms with Crippen LogP contribution in [-0.4, -0.2) is 19.7 Å². The van der Waals surface area contributed by atoms with Gasteiger partial charge in [0.2, 0.25) is 0 Å². The van der Waals surface area contributed by atoms with Gasteiger partial charge in [-0.25, -0.2) is 9.50 Å². The summed E-state index contributed by atoms with van der Waals surface area (Å²) in [6.45, 7) is -0.0733. The van der Waals surface area contributed by atoms with Crippen LogP contribution in [0, 0.1) is 0 Å². The summed E-state index contributed by atoms with van der Waals surface area (Å²) in [6.07, 6.45) is 1.63. The number of benzene rings is 1. The van der Waals surface area contributed by atoms with Crippen LogP contribution in [0.1, 0.15) is 5.69 Å². The minimum atomic E-state index is -0.0733. The Hall–Kier alpha value is -1.72. The van der Waals surface area contributed by atoms with Crippen LogP contribution in [0.4, 0.5) is 0 Å². The lowest BCUT2D eigenvalue weighted by atomic mass is 10.1. The molecule has 0 saturated heterocycles. The fourth-order valence-electron chi connectivity index (χ4n) is 1.83. The normalized spacial score (nSPS) is 11.0. The maximum atomic E-state index is 9.22. The summed E-state index contributed by atoms with van der Waals surface area (Å²) >= 11 is 3.44. The third-order valence-corrected chi connectivity index (χ3v) is 3.21. The molecule has 0 saturated carbocycles. The van der Waals surface area contributed by atoms with E-state index < -0.39 is 0 Å². The number of nitrogens with zero attached hydrogens (tertiary/aromatic N) is 3. The maximum Gasteiger partial charge on any atom is 0.153 e. The number of aliphatic hydroxyl groups is 1. The molecule has 0 fully saturated rings. The highest BCUT2D eigenvalue weighted by molar-refractivity contribution is 9.10.